The van der Waals surface area contributed by atoms with Gasteiger partial charge >= 0.3 is 5.97 Å². The number of fused-ring (bicyclic) bond motifs is 1. The molecule has 1 heterocycles. The largest absolute Gasteiger partial charge is 0.493 e. The Hall–Kier alpha value is -4.24. The fourth-order valence-corrected chi connectivity index (χ4v) is 3.81. The van der Waals surface area contributed by atoms with Crippen LogP contribution in [0.15, 0.2) is 83.3 Å². The number of ether oxygens (including phenoxy) is 3. The van der Waals surface area contributed by atoms with E-state index in [0.717, 1.165) is 5.39 Å². The van der Waals surface area contributed by atoms with Crippen LogP contribution in [0.1, 0.15) is 37.2 Å². The predicted octanol–water partition coefficient (Wildman–Crippen LogP) is 6.78. The number of carbonyl (C=O) groups is 1. The Morgan fingerprint density at radius 3 is 2.38 bits per heavy atom. The van der Waals surface area contributed by atoms with Gasteiger partial charge in [-0.2, -0.15) is 5.26 Å². The van der Waals surface area contributed by atoms with Gasteiger partial charge < -0.3 is 18.6 Å². The molecule has 0 saturated heterocycles. The van der Waals surface area contributed by atoms with Crippen LogP contribution in [0.2, 0.25) is 0 Å². The first-order chi connectivity index (χ1) is 16.5. The van der Waals surface area contributed by atoms with Crippen molar-refractivity contribution in [2.24, 2.45) is 5.92 Å². The first kappa shape index (κ1) is 22.9. The molecular formula is C28H25NO5. The van der Waals surface area contributed by atoms with Gasteiger partial charge in [-0.25, -0.2) is 0 Å². The van der Waals surface area contributed by atoms with Crippen molar-refractivity contribution < 1.29 is 23.4 Å². The Morgan fingerprint density at radius 1 is 0.941 bits per heavy atom. The van der Waals surface area contributed by atoms with Crippen LogP contribution in [0.4, 0.5) is 0 Å². The number of esters is 1. The number of nitriles is 1. The van der Waals surface area contributed by atoms with Crippen LogP contribution >= 0.6 is 0 Å². The van der Waals surface area contributed by atoms with Crippen LogP contribution in [0.3, 0.4) is 0 Å². The molecule has 0 aliphatic heterocycles. The molecule has 4 aromatic rings. The van der Waals surface area contributed by atoms with E-state index in [4.69, 9.17) is 18.6 Å². The Morgan fingerprint density at radius 2 is 1.68 bits per heavy atom. The number of rotatable bonds is 8. The lowest BCUT2D eigenvalue weighted by Gasteiger charge is -2.20. The van der Waals surface area contributed by atoms with Crippen LogP contribution in [0, 0.1) is 17.2 Å². The van der Waals surface area contributed by atoms with Crippen molar-refractivity contribution in [2.75, 3.05) is 7.11 Å². The van der Waals surface area contributed by atoms with Crippen LogP contribution < -0.4 is 9.47 Å². The summed E-state index contributed by atoms with van der Waals surface area (Å²) >= 11 is 0. The molecule has 0 aliphatic carbocycles. The minimum atomic E-state index is -1.09. The van der Waals surface area contributed by atoms with Gasteiger partial charge in [-0.3, -0.25) is 4.79 Å². The molecule has 0 N–H and O–H groups in total. The Kier molecular flexibility index (Phi) is 6.84. The third kappa shape index (κ3) is 4.89. The monoisotopic (exact) mass is 455 g/mol. The molecular weight excluding hydrogens is 430 g/mol. The summed E-state index contributed by atoms with van der Waals surface area (Å²) in [6, 6.07) is 25.8. The van der Waals surface area contributed by atoms with Gasteiger partial charge in [0.05, 0.1) is 7.11 Å². The molecule has 1 aromatic heterocycles. The van der Waals surface area contributed by atoms with E-state index in [2.05, 4.69) is 6.07 Å². The molecule has 0 saturated carbocycles. The van der Waals surface area contributed by atoms with E-state index in [9.17, 15) is 10.1 Å². The summed E-state index contributed by atoms with van der Waals surface area (Å²) in [5, 5.41) is 10.6. The van der Waals surface area contributed by atoms with E-state index in [0.29, 0.717) is 34.2 Å². The van der Waals surface area contributed by atoms with Crippen molar-refractivity contribution in [3.05, 3.63) is 90.2 Å². The van der Waals surface area contributed by atoms with Crippen LogP contribution in [-0.4, -0.2) is 13.1 Å². The van der Waals surface area contributed by atoms with Crippen molar-refractivity contribution in [3.8, 4) is 23.3 Å². The summed E-state index contributed by atoms with van der Waals surface area (Å²) in [6.07, 6.45) is -1.09. The molecule has 34 heavy (non-hydrogen) atoms. The van der Waals surface area contributed by atoms with Gasteiger partial charge in [0, 0.05) is 10.9 Å². The first-order valence-electron chi connectivity index (χ1n) is 11.0. The second kappa shape index (κ2) is 10.1. The van der Waals surface area contributed by atoms with Gasteiger partial charge in [-0.15, -0.1) is 0 Å². The molecule has 0 fully saturated rings. The number of benzene rings is 3. The molecule has 0 radical (unpaired) electrons. The van der Waals surface area contributed by atoms with Gasteiger partial charge in [-0.05, 0) is 42.3 Å². The molecule has 0 aliphatic rings. The van der Waals surface area contributed by atoms with Crippen molar-refractivity contribution >= 4 is 16.9 Å². The maximum Gasteiger partial charge on any atom is 0.318 e. The van der Waals surface area contributed by atoms with Crippen LogP contribution in [0.5, 0.6) is 17.2 Å². The van der Waals surface area contributed by atoms with Gasteiger partial charge in [0.1, 0.15) is 29.2 Å². The molecule has 6 nitrogen and oxygen atoms in total. The topological polar surface area (TPSA) is 81.7 Å². The maximum absolute atomic E-state index is 13.2. The highest BCUT2D eigenvalue weighted by Gasteiger charge is 2.32. The van der Waals surface area contributed by atoms with Crippen molar-refractivity contribution in [1.82, 2.24) is 0 Å². The first-order valence-corrected chi connectivity index (χ1v) is 11.0. The second-order valence-corrected chi connectivity index (χ2v) is 8.18. The summed E-state index contributed by atoms with van der Waals surface area (Å²) in [6.45, 7) is 3.82. The average Bonchev–Trinajstić information content (AvgIpc) is 3.26. The van der Waals surface area contributed by atoms with Crippen LogP contribution in [-0.2, 0) is 9.53 Å². The molecule has 172 valence electrons. The summed E-state index contributed by atoms with van der Waals surface area (Å²) < 4.78 is 22.9. The normalized spacial score (nSPS) is 12.7. The third-order valence-corrected chi connectivity index (χ3v) is 5.47. The highest BCUT2D eigenvalue weighted by Crippen LogP contribution is 2.36. The number of furan rings is 1. The lowest BCUT2D eigenvalue weighted by Crippen LogP contribution is -2.22. The number of methoxy groups -OCH3 is 1. The molecule has 6 heteroatoms. The van der Waals surface area contributed by atoms with E-state index < -0.39 is 18.0 Å². The number of para-hydroxylation sites is 2. The number of hydrogen-bond acceptors (Lipinski definition) is 6. The standard InChI is InChI=1S/C28H25NO5/c1-18(2)26(24-16-20-10-8-14-23(31-3)27(20)33-24)28(30)34-25(17-29)19-9-7-13-22(15-19)32-21-11-5-4-6-12-21/h4-16,18,25-26H,1-3H3. The highest BCUT2D eigenvalue weighted by atomic mass is 16.5. The van der Waals surface area contributed by atoms with E-state index >= 15 is 0 Å². The molecule has 0 amide bonds. The van der Waals surface area contributed by atoms with E-state index in [1.54, 1.807) is 37.4 Å². The highest BCUT2D eigenvalue weighted by molar-refractivity contribution is 5.86. The number of hydrogen-bond donors (Lipinski definition) is 0. The lowest BCUT2D eigenvalue weighted by molar-refractivity contribution is -0.150. The van der Waals surface area contributed by atoms with Crippen molar-refractivity contribution in [2.45, 2.75) is 25.9 Å². The van der Waals surface area contributed by atoms with E-state index in [-0.39, 0.29) is 5.92 Å². The third-order valence-electron chi connectivity index (χ3n) is 5.47. The molecule has 0 bridgehead atoms. The van der Waals surface area contributed by atoms with E-state index in [1.165, 1.54) is 0 Å². The quantitative estimate of drug-likeness (QED) is 0.272. The average molecular weight is 456 g/mol. The zero-order chi connectivity index (χ0) is 24.1. The minimum absolute atomic E-state index is 0.119. The van der Waals surface area contributed by atoms with Crippen LogP contribution in [0.25, 0.3) is 11.0 Å². The molecule has 0 spiro atoms. The van der Waals surface area contributed by atoms with E-state index in [1.807, 2.05) is 62.4 Å². The lowest BCUT2D eigenvalue weighted by atomic mass is 9.93. The summed E-state index contributed by atoms with van der Waals surface area (Å²) in [5.74, 6) is 0.939. The fraction of sp³-hybridized carbons (Fsp3) is 0.214. The van der Waals surface area contributed by atoms with Gasteiger partial charge in [0.25, 0.3) is 0 Å². The Labute approximate surface area is 198 Å². The second-order valence-electron chi connectivity index (χ2n) is 8.18. The summed E-state index contributed by atoms with van der Waals surface area (Å²) in [7, 11) is 1.57. The predicted molar refractivity (Wildman–Crippen MR) is 128 cm³/mol. The smallest absolute Gasteiger partial charge is 0.318 e. The zero-order valence-corrected chi connectivity index (χ0v) is 19.2. The van der Waals surface area contributed by atoms with Crippen molar-refractivity contribution in [3.63, 3.8) is 0 Å². The molecule has 3 aromatic carbocycles. The number of nitrogens with zero attached hydrogens (tertiary/aromatic N) is 1. The number of carbonyl (C=O) groups excluding carboxylic acids is 1. The van der Waals surface area contributed by atoms with Gasteiger partial charge in [0.15, 0.2) is 11.3 Å². The summed E-state index contributed by atoms with van der Waals surface area (Å²) in [4.78, 5) is 13.2. The Balaban J connectivity index is 1.57. The molecule has 2 atom stereocenters. The van der Waals surface area contributed by atoms with Crippen molar-refractivity contribution in [1.29, 1.82) is 5.26 Å². The zero-order valence-electron chi connectivity index (χ0n) is 19.2. The Bertz CT molecular complexity index is 1320. The van der Waals surface area contributed by atoms with Gasteiger partial charge in [0.2, 0.25) is 6.10 Å². The van der Waals surface area contributed by atoms with Gasteiger partial charge in [-0.1, -0.05) is 56.3 Å². The SMILES string of the molecule is COc1cccc2cc(C(C(=O)OC(C#N)c3cccc(Oc4ccccc4)c3)C(C)C)oc12. The fourth-order valence-electron chi connectivity index (χ4n) is 3.81. The maximum atomic E-state index is 13.2. The minimum Gasteiger partial charge on any atom is -0.493 e. The molecule has 2 unspecified atom stereocenters. The summed E-state index contributed by atoms with van der Waals surface area (Å²) in [5.41, 5.74) is 1.10. The molecule has 4 rings (SSSR count).